The Labute approximate surface area is 149 Å². The molecule has 0 unspecified atom stereocenters. The van der Waals surface area contributed by atoms with Crippen molar-refractivity contribution >= 4 is 14.7 Å². The summed E-state index contributed by atoms with van der Waals surface area (Å²) in [6.07, 6.45) is 0. The van der Waals surface area contributed by atoms with Gasteiger partial charge < -0.3 is 4.43 Å². The Bertz CT molecular complexity index is 785. The van der Waals surface area contributed by atoms with Crippen LogP contribution in [0, 0.1) is 15.9 Å². The highest BCUT2D eigenvalue weighted by Crippen LogP contribution is 2.36. The van der Waals surface area contributed by atoms with Gasteiger partial charge in [0.15, 0.2) is 9.04 Å². The Morgan fingerprint density at radius 1 is 1.16 bits per heavy atom. The molecule has 0 N–H and O–H groups in total. The second kappa shape index (κ2) is 7.45. The molecule has 2 aromatic rings. The number of nitro groups is 1. The molecule has 0 aliphatic heterocycles. The summed E-state index contributed by atoms with van der Waals surface area (Å²) in [7, 11) is -1.27. The van der Waals surface area contributed by atoms with Crippen LogP contribution in [0.2, 0.25) is 13.1 Å². The van der Waals surface area contributed by atoms with E-state index in [2.05, 4.69) is 33.9 Å². The summed E-state index contributed by atoms with van der Waals surface area (Å²) < 4.78 is 20.4. The molecule has 0 amide bonds. The van der Waals surface area contributed by atoms with Crippen LogP contribution in [0.15, 0.2) is 36.4 Å². The minimum absolute atomic E-state index is 0.123. The molecule has 2 aromatic carbocycles. The summed E-state index contributed by atoms with van der Waals surface area (Å²) in [6.45, 7) is 10.8. The molecule has 0 aliphatic rings. The fraction of sp³-hybridized carbons (Fsp3) is 0.368. The van der Waals surface area contributed by atoms with Crippen molar-refractivity contribution in [2.24, 2.45) is 0 Å². The minimum Gasteiger partial charge on any atom is -0.416 e. The molecule has 0 radical (unpaired) electrons. The van der Waals surface area contributed by atoms with Crippen molar-refractivity contribution in [2.45, 2.75) is 45.9 Å². The number of non-ortho nitro benzene ring substituents is 1. The van der Waals surface area contributed by atoms with E-state index in [0.717, 1.165) is 17.2 Å². The average Bonchev–Trinajstić information content (AvgIpc) is 2.52. The molecule has 0 fully saturated rings. The quantitative estimate of drug-likeness (QED) is 0.418. The molecular formula is C19H24FNO3Si. The van der Waals surface area contributed by atoms with Gasteiger partial charge in [-0.25, -0.2) is 4.39 Å². The molecule has 0 spiro atoms. The highest BCUT2D eigenvalue weighted by molar-refractivity contribution is 6.48. The Morgan fingerprint density at radius 2 is 1.84 bits per heavy atom. The fourth-order valence-corrected chi connectivity index (χ4v) is 3.28. The first-order valence-corrected chi connectivity index (χ1v) is 11.1. The van der Waals surface area contributed by atoms with Gasteiger partial charge in [-0.2, -0.15) is 0 Å². The van der Waals surface area contributed by atoms with Crippen molar-refractivity contribution in [2.75, 3.05) is 0 Å². The SMILES string of the molecule is C[SiH](C)OCc1c(-c2cc([N+](=O)[O-])ccc2F)cccc1C(C)(C)C. The average molecular weight is 361 g/mol. The lowest BCUT2D eigenvalue weighted by Gasteiger charge is -2.26. The summed E-state index contributed by atoms with van der Waals surface area (Å²) in [6, 6.07) is 9.32. The largest absolute Gasteiger partial charge is 0.416 e. The first-order valence-electron chi connectivity index (χ1n) is 8.29. The van der Waals surface area contributed by atoms with E-state index in [4.69, 9.17) is 4.43 Å². The van der Waals surface area contributed by atoms with Gasteiger partial charge in [-0.1, -0.05) is 39.0 Å². The van der Waals surface area contributed by atoms with Crippen LogP contribution in [-0.2, 0) is 16.4 Å². The topological polar surface area (TPSA) is 52.4 Å². The summed E-state index contributed by atoms with van der Waals surface area (Å²) in [5, 5.41) is 11.1. The third-order valence-electron chi connectivity index (χ3n) is 4.00. The smallest absolute Gasteiger partial charge is 0.270 e. The maximum Gasteiger partial charge on any atom is 0.270 e. The lowest BCUT2D eigenvalue weighted by Crippen LogP contribution is -2.17. The maximum absolute atomic E-state index is 14.5. The number of benzene rings is 2. The van der Waals surface area contributed by atoms with E-state index in [9.17, 15) is 14.5 Å². The number of nitrogens with zero attached hydrogens (tertiary/aromatic N) is 1. The molecule has 6 heteroatoms. The van der Waals surface area contributed by atoms with Gasteiger partial charge in [0.1, 0.15) is 5.82 Å². The summed E-state index contributed by atoms with van der Waals surface area (Å²) in [4.78, 5) is 10.6. The number of hydrogen-bond donors (Lipinski definition) is 0. The monoisotopic (exact) mass is 361 g/mol. The molecule has 0 saturated carbocycles. The molecule has 0 aromatic heterocycles. The number of rotatable bonds is 5. The molecule has 0 saturated heterocycles. The lowest BCUT2D eigenvalue weighted by atomic mass is 9.81. The van der Waals surface area contributed by atoms with Crippen molar-refractivity contribution in [3.8, 4) is 11.1 Å². The second-order valence-electron chi connectivity index (χ2n) is 7.36. The van der Waals surface area contributed by atoms with Gasteiger partial charge in [0, 0.05) is 17.7 Å². The summed E-state index contributed by atoms with van der Waals surface area (Å²) in [5.74, 6) is -0.472. The lowest BCUT2D eigenvalue weighted by molar-refractivity contribution is -0.384. The zero-order valence-corrected chi connectivity index (χ0v) is 16.5. The van der Waals surface area contributed by atoms with Crippen LogP contribution in [0.5, 0.6) is 0 Å². The zero-order valence-electron chi connectivity index (χ0n) is 15.3. The van der Waals surface area contributed by atoms with Gasteiger partial charge in [0.25, 0.3) is 5.69 Å². The van der Waals surface area contributed by atoms with Gasteiger partial charge >= 0.3 is 0 Å². The summed E-state index contributed by atoms with van der Waals surface area (Å²) in [5.41, 5.74) is 2.58. The third kappa shape index (κ3) is 4.52. The van der Waals surface area contributed by atoms with E-state index < -0.39 is 19.8 Å². The summed E-state index contributed by atoms with van der Waals surface area (Å²) >= 11 is 0. The van der Waals surface area contributed by atoms with E-state index in [-0.39, 0.29) is 16.7 Å². The van der Waals surface area contributed by atoms with E-state index >= 15 is 0 Å². The Morgan fingerprint density at radius 3 is 2.40 bits per heavy atom. The molecule has 0 aliphatic carbocycles. The van der Waals surface area contributed by atoms with Gasteiger partial charge in [-0.15, -0.1) is 0 Å². The van der Waals surface area contributed by atoms with Crippen LogP contribution in [0.3, 0.4) is 0 Å². The molecule has 0 atom stereocenters. The molecule has 4 nitrogen and oxygen atoms in total. The standard InChI is InChI=1S/C19H24FNO3Si/c1-19(2,3)17-8-6-7-14(16(17)12-24-25(4)5)15-11-13(21(22)23)9-10-18(15)20/h6-11,25H,12H2,1-5H3. The van der Waals surface area contributed by atoms with Crippen LogP contribution >= 0.6 is 0 Å². The molecular weight excluding hydrogens is 337 g/mol. The molecule has 0 bridgehead atoms. The number of hydrogen-bond acceptors (Lipinski definition) is 3. The fourth-order valence-electron chi connectivity index (χ4n) is 2.78. The highest BCUT2D eigenvalue weighted by atomic mass is 28.3. The van der Waals surface area contributed by atoms with Crippen molar-refractivity contribution in [1.29, 1.82) is 0 Å². The second-order valence-corrected chi connectivity index (χ2v) is 9.79. The third-order valence-corrected chi connectivity index (χ3v) is 4.83. The van der Waals surface area contributed by atoms with Gasteiger partial charge in [-0.3, -0.25) is 10.1 Å². The Kier molecular flexibility index (Phi) is 5.75. The zero-order chi connectivity index (χ0) is 18.8. The Balaban J connectivity index is 2.68. The van der Waals surface area contributed by atoms with Crippen LogP contribution in [-0.4, -0.2) is 14.0 Å². The maximum atomic E-state index is 14.5. The predicted octanol–water partition coefficient (Wildman–Crippen LogP) is 5.20. The minimum atomic E-state index is -1.27. The van der Waals surface area contributed by atoms with Gasteiger partial charge in [0.05, 0.1) is 11.5 Å². The molecule has 134 valence electrons. The molecule has 0 heterocycles. The Hall–Kier alpha value is -2.05. The van der Waals surface area contributed by atoms with E-state index in [1.54, 1.807) is 6.07 Å². The highest BCUT2D eigenvalue weighted by Gasteiger charge is 2.23. The van der Waals surface area contributed by atoms with Crippen LogP contribution in [0.1, 0.15) is 31.9 Å². The van der Waals surface area contributed by atoms with E-state index in [1.165, 1.54) is 12.1 Å². The van der Waals surface area contributed by atoms with Crippen LogP contribution in [0.4, 0.5) is 10.1 Å². The van der Waals surface area contributed by atoms with Crippen molar-refractivity contribution in [1.82, 2.24) is 0 Å². The van der Waals surface area contributed by atoms with Gasteiger partial charge in [0.2, 0.25) is 0 Å². The van der Waals surface area contributed by atoms with Gasteiger partial charge in [-0.05, 0) is 41.3 Å². The number of halogens is 1. The van der Waals surface area contributed by atoms with Crippen LogP contribution < -0.4 is 0 Å². The van der Waals surface area contributed by atoms with Crippen molar-refractivity contribution in [3.63, 3.8) is 0 Å². The predicted molar refractivity (Wildman–Crippen MR) is 101 cm³/mol. The van der Waals surface area contributed by atoms with Crippen LogP contribution in [0.25, 0.3) is 11.1 Å². The first kappa shape index (κ1) is 19.3. The molecule has 25 heavy (non-hydrogen) atoms. The van der Waals surface area contributed by atoms with Crippen molar-refractivity contribution < 1.29 is 13.7 Å². The normalized spacial score (nSPS) is 11.8. The van der Waals surface area contributed by atoms with E-state index in [0.29, 0.717) is 12.2 Å². The first-order chi connectivity index (χ1) is 11.6. The molecule has 2 rings (SSSR count). The van der Waals surface area contributed by atoms with E-state index in [1.807, 2.05) is 12.1 Å². The number of nitro benzene ring substituents is 1. The van der Waals surface area contributed by atoms with Crippen molar-refractivity contribution in [3.05, 3.63) is 63.5 Å².